The van der Waals surface area contributed by atoms with Gasteiger partial charge in [-0.3, -0.25) is 4.79 Å². The maximum atomic E-state index is 10.8. The summed E-state index contributed by atoms with van der Waals surface area (Å²) in [5.74, 6) is -0.0943. The molecule has 5 heteroatoms. The van der Waals surface area contributed by atoms with E-state index in [0.717, 1.165) is 25.9 Å². The maximum Gasteiger partial charge on any atom is 0.239 e. The highest BCUT2D eigenvalue weighted by Crippen LogP contribution is 2.15. The zero-order chi connectivity index (χ0) is 9.97. The second-order valence-electron chi connectivity index (χ2n) is 3.77. The predicted octanol–water partition coefficient (Wildman–Crippen LogP) is -0.645. The number of amides is 1. The highest BCUT2D eigenvalue weighted by Gasteiger charge is 2.36. The van der Waals surface area contributed by atoms with Crippen molar-refractivity contribution in [2.75, 3.05) is 13.2 Å². The van der Waals surface area contributed by atoms with Gasteiger partial charge in [0.1, 0.15) is 6.04 Å². The second-order valence-corrected chi connectivity index (χ2v) is 3.77. The van der Waals surface area contributed by atoms with E-state index in [4.69, 9.17) is 15.2 Å². The Morgan fingerprint density at radius 2 is 2.43 bits per heavy atom. The van der Waals surface area contributed by atoms with Crippen molar-refractivity contribution in [1.29, 1.82) is 0 Å². The van der Waals surface area contributed by atoms with Crippen LogP contribution in [-0.2, 0) is 14.3 Å². The van der Waals surface area contributed by atoms with Crippen molar-refractivity contribution in [1.82, 2.24) is 5.32 Å². The molecule has 0 saturated carbocycles. The van der Waals surface area contributed by atoms with E-state index in [2.05, 4.69) is 5.32 Å². The van der Waals surface area contributed by atoms with Crippen LogP contribution in [0.2, 0.25) is 0 Å². The van der Waals surface area contributed by atoms with Gasteiger partial charge in [-0.2, -0.15) is 0 Å². The van der Waals surface area contributed by atoms with Crippen LogP contribution in [-0.4, -0.2) is 37.5 Å². The minimum absolute atomic E-state index is 0.0342. The van der Waals surface area contributed by atoms with E-state index < -0.39 is 6.04 Å². The Kier molecular flexibility index (Phi) is 3.00. The summed E-state index contributed by atoms with van der Waals surface area (Å²) in [5.41, 5.74) is 5.55. The zero-order valence-corrected chi connectivity index (χ0v) is 8.07. The fourth-order valence-corrected chi connectivity index (χ4v) is 1.65. The van der Waals surface area contributed by atoms with Gasteiger partial charge < -0.3 is 20.5 Å². The summed E-state index contributed by atoms with van der Waals surface area (Å²) in [6.07, 6.45) is 3.09. The molecule has 1 amide bonds. The summed E-state index contributed by atoms with van der Waals surface area (Å²) < 4.78 is 10.9. The highest BCUT2D eigenvalue weighted by molar-refractivity contribution is 5.88. The van der Waals surface area contributed by atoms with Gasteiger partial charge in [0, 0.05) is 6.61 Å². The summed E-state index contributed by atoms with van der Waals surface area (Å²) in [4.78, 5) is 10.8. The Labute approximate surface area is 82.9 Å². The minimum Gasteiger partial charge on any atom is -0.353 e. The number of carbonyl (C=O) groups is 1. The van der Waals surface area contributed by atoms with Gasteiger partial charge in [-0.1, -0.05) is 0 Å². The molecule has 0 aromatic rings. The largest absolute Gasteiger partial charge is 0.353 e. The molecule has 14 heavy (non-hydrogen) atoms. The first-order valence-corrected chi connectivity index (χ1v) is 5.06. The van der Waals surface area contributed by atoms with Crippen molar-refractivity contribution in [3.8, 4) is 0 Å². The molecule has 2 heterocycles. The van der Waals surface area contributed by atoms with Gasteiger partial charge in [0.15, 0.2) is 6.29 Å². The van der Waals surface area contributed by atoms with Crippen LogP contribution in [0, 0.1) is 0 Å². The van der Waals surface area contributed by atoms with E-state index in [0.29, 0.717) is 6.61 Å². The molecule has 3 atom stereocenters. The topological polar surface area (TPSA) is 73.6 Å². The van der Waals surface area contributed by atoms with Crippen LogP contribution in [0.3, 0.4) is 0 Å². The van der Waals surface area contributed by atoms with E-state index in [1.807, 2.05) is 0 Å². The van der Waals surface area contributed by atoms with Gasteiger partial charge in [0.05, 0.1) is 12.6 Å². The number of nitrogens with two attached hydrogens (primary N) is 1. The van der Waals surface area contributed by atoms with E-state index in [1.54, 1.807) is 0 Å². The molecule has 0 aliphatic carbocycles. The number of ether oxygens (including phenoxy) is 2. The van der Waals surface area contributed by atoms with Crippen LogP contribution < -0.4 is 11.1 Å². The molecule has 2 aliphatic heterocycles. The lowest BCUT2D eigenvalue weighted by Crippen LogP contribution is -2.68. The van der Waals surface area contributed by atoms with Crippen LogP contribution in [0.1, 0.15) is 19.3 Å². The van der Waals surface area contributed by atoms with Crippen LogP contribution >= 0.6 is 0 Å². The molecule has 0 unspecified atom stereocenters. The lowest BCUT2D eigenvalue weighted by Gasteiger charge is -2.35. The molecule has 0 aromatic carbocycles. The SMILES string of the molecule is N[C@H]1C(=O)N[C@H]1CO[C@H]1CCCCO1. The van der Waals surface area contributed by atoms with Crippen molar-refractivity contribution in [3.05, 3.63) is 0 Å². The third kappa shape index (κ3) is 2.05. The van der Waals surface area contributed by atoms with Crippen molar-refractivity contribution < 1.29 is 14.3 Å². The van der Waals surface area contributed by atoms with E-state index in [1.165, 1.54) is 0 Å². The van der Waals surface area contributed by atoms with Crippen LogP contribution in [0.5, 0.6) is 0 Å². The number of carbonyl (C=O) groups excluding carboxylic acids is 1. The molecule has 0 aromatic heterocycles. The number of hydrogen-bond acceptors (Lipinski definition) is 4. The highest BCUT2D eigenvalue weighted by atomic mass is 16.7. The zero-order valence-electron chi connectivity index (χ0n) is 8.07. The minimum atomic E-state index is -0.404. The van der Waals surface area contributed by atoms with Crippen LogP contribution in [0.25, 0.3) is 0 Å². The molecular weight excluding hydrogens is 184 g/mol. The van der Waals surface area contributed by atoms with Crippen LogP contribution in [0.4, 0.5) is 0 Å². The molecule has 80 valence electrons. The fraction of sp³-hybridized carbons (Fsp3) is 0.889. The van der Waals surface area contributed by atoms with Gasteiger partial charge in [-0.15, -0.1) is 0 Å². The number of nitrogens with one attached hydrogen (secondary N) is 1. The molecule has 3 N–H and O–H groups in total. The normalized spacial score (nSPS) is 37.5. The first kappa shape index (κ1) is 9.89. The van der Waals surface area contributed by atoms with Crippen LogP contribution in [0.15, 0.2) is 0 Å². The van der Waals surface area contributed by atoms with Crippen molar-refractivity contribution in [2.24, 2.45) is 5.73 Å². The summed E-state index contributed by atoms with van der Waals surface area (Å²) in [7, 11) is 0. The number of rotatable bonds is 3. The molecule has 0 spiro atoms. The quantitative estimate of drug-likeness (QED) is 0.594. The third-order valence-corrected chi connectivity index (χ3v) is 2.66. The summed E-state index contributed by atoms with van der Waals surface area (Å²) in [6.45, 7) is 1.23. The van der Waals surface area contributed by atoms with Crippen molar-refractivity contribution >= 4 is 5.91 Å². The molecular formula is C9H16N2O3. The molecule has 2 rings (SSSR count). The molecule has 5 nitrogen and oxygen atoms in total. The van der Waals surface area contributed by atoms with Gasteiger partial charge in [-0.25, -0.2) is 0 Å². The average Bonchev–Trinajstić information content (AvgIpc) is 2.25. The van der Waals surface area contributed by atoms with Crippen molar-refractivity contribution in [3.63, 3.8) is 0 Å². The van der Waals surface area contributed by atoms with Gasteiger partial charge >= 0.3 is 0 Å². The van der Waals surface area contributed by atoms with Gasteiger partial charge in [0.2, 0.25) is 5.91 Å². The monoisotopic (exact) mass is 200 g/mol. The molecule has 0 radical (unpaired) electrons. The Morgan fingerprint density at radius 1 is 1.57 bits per heavy atom. The molecule has 2 saturated heterocycles. The molecule has 0 bridgehead atoms. The lowest BCUT2D eigenvalue weighted by atomic mass is 10.0. The first-order chi connectivity index (χ1) is 6.77. The first-order valence-electron chi connectivity index (χ1n) is 5.06. The fourth-order valence-electron chi connectivity index (χ4n) is 1.65. The molecule has 2 fully saturated rings. The molecule has 2 aliphatic rings. The average molecular weight is 200 g/mol. The Balaban J connectivity index is 1.64. The lowest BCUT2D eigenvalue weighted by molar-refractivity contribution is -0.172. The summed E-state index contributed by atoms with van der Waals surface area (Å²) >= 11 is 0. The number of β-lactam (4-membered cyclic amide) rings is 1. The Hall–Kier alpha value is -0.650. The number of hydrogen-bond donors (Lipinski definition) is 2. The summed E-state index contributed by atoms with van der Waals surface area (Å²) in [6, 6.07) is -0.438. The van der Waals surface area contributed by atoms with E-state index in [-0.39, 0.29) is 18.2 Å². The van der Waals surface area contributed by atoms with Crippen molar-refractivity contribution in [2.45, 2.75) is 37.6 Å². The standard InChI is InChI=1S/C9H16N2O3/c10-8-6(11-9(8)12)5-14-7-3-1-2-4-13-7/h6-8H,1-5,10H2,(H,11,12)/t6-,7-,8+/m0/s1. The second kappa shape index (κ2) is 4.25. The van der Waals surface area contributed by atoms with E-state index >= 15 is 0 Å². The predicted molar refractivity (Wildman–Crippen MR) is 49.4 cm³/mol. The summed E-state index contributed by atoms with van der Waals surface area (Å²) in [5, 5.41) is 2.69. The maximum absolute atomic E-state index is 10.8. The smallest absolute Gasteiger partial charge is 0.239 e. The van der Waals surface area contributed by atoms with Gasteiger partial charge in [0.25, 0.3) is 0 Å². The van der Waals surface area contributed by atoms with Gasteiger partial charge in [-0.05, 0) is 19.3 Å². The Morgan fingerprint density at radius 3 is 3.00 bits per heavy atom. The Bertz CT molecular complexity index is 216. The van der Waals surface area contributed by atoms with E-state index in [9.17, 15) is 4.79 Å². The third-order valence-electron chi connectivity index (χ3n) is 2.66.